The summed E-state index contributed by atoms with van der Waals surface area (Å²) in [4.78, 5) is 23.3. The van der Waals surface area contributed by atoms with Crippen molar-refractivity contribution in [1.82, 2.24) is 14.8 Å². The molecule has 0 unspecified atom stereocenters. The van der Waals surface area contributed by atoms with Crippen LogP contribution < -0.4 is 4.90 Å². The van der Waals surface area contributed by atoms with Crippen LogP contribution >= 0.6 is 0 Å². The molecule has 6 nitrogen and oxygen atoms in total. The number of carbonyl (C=O) groups excluding carboxylic acids is 1. The van der Waals surface area contributed by atoms with Crippen LogP contribution in [0.15, 0.2) is 48.7 Å². The molecule has 3 rings (SSSR count). The van der Waals surface area contributed by atoms with E-state index in [0.717, 1.165) is 18.7 Å². The second kappa shape index (κ2) is 7.98. The standard InChI is InChI=1S/C20H23N5O/c1-23-10-11-25(18(14-23)17-6-4-3-5-7-17)20(26)15-24(2)19-9-8-16(12-21)13-22-19/h3-9,13,18H,10-11,14-15H2,1-2H3/t18-/m0/s1. The molecule has 0 spiro atoms. The van der Waals surface area contributed by atoms with E-state index in [1.165, 1.54) is 6.20 Å². The third kappa shape index (κ3) is 4.01. The summed E-state index contributed by atoms with van der Waals surface area (Å²) < 4.78 is 0. The molecule has 1 aromatic heterocycles. The molecule has 6 heteroatoms. The summed E-state index contributed by atoms with van der Waals surface area (Å²) in [6.07, 6.45) is 1.53. The number of rotatable bonds is 4. The maximum absolute atomic E-state index is 13.0. The molecule has 0 bridgehead atoms. The van der Waals surface area contributed by atoms with Crippen LogP contribution in [0.5, 0.6) is 0 Å². The van der Waals surface area contributed by atoms with Gasteiger partial charge in [0, 0.05) is 32.9 Å². The number of benzene rings is 1. The van der Waals surface area contributed by atoms with Crippen molar-refractivity contribution in [2.75, 3.05) is 45.2 Å². The van der Waals surface area contributed by atoms with Gasteiger partial charge >= 0.3 is 0 Å². The Morgan fingerprint density at radius 2 is 2.04 bits per heavy atom. The van der Waals surface area contributed by atoms with Gasteiger partial charge in [-0.3, -0.25) is 4.79 Å². The lowest BCUT2D eigenvalue weighted by molar-refractivity contribution is -0.134. The molecular formula is C20H23N5O. The highest BCUT2D eigenvalue weighted by atomic mass is 16.2. The molecule has 1 fully saturated rings. The highest BCUT2D eigenvalue weighted by molar-refractivity contribution is 5.81. The fourth-order valence-corrected chi connectivity index (χ4v) is 3.23. The third-order valence-electron chi connectivity index (χ3n) is 4.73. The van der Waals surface area contributed by atoms with Crippen molar-refractivity contribution in [3.63, 3.8) is 0 Å². The smallest absolute Gasteiger partial charge is 0.242 e. The molecule has 0 aliphatic carbocycles. The van der Waals surface area contributed by atoms with Gasteiger partial charge in [0.05, 0.1) is 18.2 Å². The zero-order valence-corrected chi connectivity index (χ0v) is 15.2. The molecule has 134 valence electrons. The SMILES string of the molecule is CN1CCN(C(=O)CN(C)c2ccc(C#N)cn2)[C@H](c2ccccc2)C1. The predicted octanol–water partition coefficient (Wildman–Crippen LogP) is 1.90. The van der Waals surface area contributed by atoms with Crippen LogP contribution in [0.1, 0.15) is 17.2 Å². The van der Waals surface area contributed by atoms with Crippen molar-refractivity contribution >= 4 is 11.7 Å². The van der Waals surface area contributed by atoms with Gasteiger partial charge in [0.15, 0.2) is 0 Å². The molecule has 0 N–H and O–H groups in total. The molecule has 2 heterocycles. The lowest BCUT2D eigenvalue weighted by Gasteiger charge is -2.41. The van der Waals surface area contributed by atoms with E-state index in [4.69, 9.17) is 5.26 Å². The van der Waals surface area contributed by atoms with Crippen LogP contribution in [0.3, 0.4) is 0 Å². The number of anilines is 1. The second-order valence-electron chi connectivity index (χ2n) is 6.65. The number of pyridine rings is 1. The predicted molar refractivity (Wildman–Crippen MR) is 101 cm³/mol. The summed E-state index contributed by atoms with van der Waals surface area (Å²) in [6.45, 7) is 2.66. The lowest BCUT2D eigenvalue weighted by Crippen LogP contribution is -2.51. The summed E-state index contributed by atoms with van der Waals surface area (Å²) in [5, 5.41) is 8.87. The first-order chi connectivity index (χ1) is 12.6. The molecule has 0 saturated carbocycles. The van der Waals surface area contributed by atoms with Crippen molar-refractivity contribution in [1.29, 1.82) is 5.26 Å². The minimum Gasteiger partial charge on any atom is -0.350 e. The van der Waals surface area contributed by atoms with Crippen molar-refractivity contribution in [2.45, 2.75) is 6.04 Å². The highest BCUT2D eigenvalue weighted by Gasteiger charge is 2.30. The fourth-order valence-electron chi connectivity index (χ4n) is 3.23. The summed E-state index contributed by atoms with van der Waals surface area (Å²) in [6, 6.07) is 15.8. The molecule has 0 radical (unpaired) electrons. The number of likely N-dealkylation sites (N-methyl/N-ethyl adjacent to an activating group) is 2. The monoisotopic (exact) mass is 349 g/mol. The van der Waals surface area contributed by atoms with Crippen LogP contribution in [-0.4, -0.2) is 61.0 Å². The normalized spacial score (nSPS) is 17.6. The number of hydrogen-bond donors (Lipinski definition) is 0. The lowest BCUT2D eigenvalue weighted by atomic mass is 10.0. The Hall–Kier alpha value is -2.91. The first-order valence-electron chi connectivity index (χ1n) is 8.68. The van der Waals surface area contributed by atoms with Gasteiger partial charge < -0.3 is 14.7 Å². The third-order valence-corrected chi connectivity index (χ3v) is 4.73. The number of aromatic nitrogens is 1. The van der Waals surface area contributed by atoms with E-state index in [1.54, 1.807) is 12.1 Å². The number of nitriles is 1. The molecule has 1 aromatic carbocycles. The van der Waals surface area contributed by atoms with Gasteiger partial charge in [-0.15, -0.1) is 0 Å². The largest absolute Gasteiger partial charge is 0.350 e. The van der Waals surface area contributed by atoms with E-state index >= 15 is 0 Å². The Kier molecular flexibility index (Phi) is 5.49. The molecule has 1 saturated heterocycles. The molecule has 1 aliphatic rings. The highest BCUT2D eigenvalue weighted by Crippen LogP contribution is 2.25. The number of piperazine rings is 1. The first-order valence-corrected chi connectivity index (χ1v) is 8.68. The van der Waals surface area contributed by atoms with Gasteiger partial charge in [-0.25, -0.2) is 4.98 Å². The van der Waals surface area contributed by atoms with E-state index in [1.807, 2.05) is 35.0 Å². The Morgan fingerprint density at radius 3 is 2.69 bits per heavy atom. The Balaban J connectivity index is 1.73. The van der Waals surface area contributed by atoms with Gasteiger partial charge in [0.25, 0.3) is 0 Å². The quantitative estimate of drug-likeness (QED) is 0.844. The van der Waals surface area contributed by atoms with Crippen LogP contribution in [0.25, 0.3) is 0 Å². The number of amides is 1. The summed E-state index contributed by atoms with van der Waals surface area (Å²) in [7, 11) is 3.93. The average Bonchev–Trinajstić information content (AvgIpc) is 2.68. The van der Waals surface area contributed by atoms with Crippen molar-refractivity contribution in [3.05, 3.63) is 59.8 Å². The van der Waals surface area contributed by atoms with E-state index < -0.39 is 0 Å². The molecule has 1 atom stereocenters. The topological polar surface area (TPSA) is 63.5 Å². The van der Waals surface area contributed by atoms with Gasteiger partial charge in [-0.1, -0.05) is 30.3 Å². The van der Waals surface area contributed by atoms with E-state index in [0.29, 0.717) is 17.9 Å². The molecule has 26 heavy (non-hydrogen) atoms. The van der Waals surface area contributed by atoms with Crippen molar-refractivity contribution < 1.29 is 4.79 Å². The second-order valence-corrected chi connectivity index (χ2v) is 6.65. The van der Waals surface area contributed by atoms with E-state index in [9.17, 15) is 4.79 Å². The zero-order valence-electron chi connectivity index (χ0n) is 15.2. The minimum absolute atomic E-state index is 0.0600. The Bertz CT molecular complexity index is 784. The van der Waals surface area contributed by atoms with Gasteiger partial charge in [0.1, 0.15) is 11.9 Å². The van der Waals surface area contributed by atoms with Crippen molar-refractivity contribution in [3.8, 4) is 6.07 Å². The van der Waals surface area contributed by atoms with Crippen LogP contribution in [0, 0.1) is 11.3 Å². The van der Waals surface area contributed by atoms with Crippen LogP contribution in [0.4, 0.5) is 5.82 Å². The zero-order chi connectivity index (χ0) is 18.5. The maximum Gasteiger partial charge on any atom is 0.242 e. The number of nitrogens with zero attached hydrogens (tertiary/aromatic N) is 5. The Morgan fingerprint density at radius 1 is 1.27 bits per heavy atom. The van der Waals surface area contributed by atoms with Gasteiger partial charge in [-0.2, -0.15) is 5.26 Å². The summed E-state index contributed by atoms with van der Waals surface area (Å²) in [5.74, 6) is 0.767. The van der Waals surface area contributed by atoms with Crippen LogP contribution in [0.2, 0.25) is 0 Å². The fraction of sp³-hybridized carbons (Fsp3) is 0.350. The first kappa shape index (κ1) is 17.9. The molecule has 1 aliphatic heterocycles. The summed E-state index contributed by atoms with van der Waals surface area (Å²) >= 11 is 0. The van der Waals surface area contributed by atoms with Gasteiger partial charge in [0.2, 0.25) is 5.91 Å². The van der Waals surface area contributed by atoms with Crippen molar-refractivity contribution in [2.24, 2.45) is 0 Å². The van der Waals surface area contributed by atoms with E-state index in [2.05, 4.69) is 35.1 Å². The maximum atomic E-state index is 13.0. The average molecular weight is 349 g/mol. The Labute approximate surface area is 154 Å². The molecular weight excluding hydrogens is 326 g/mol. The van der Waals surface area contributed by atoms with Crippen LogP contribution in [-0.2, 0) is 4.79 Å². The molecule has 1 amide bonds. The molecule has 2 aromatic rings. The van der Waals surface area contributed by atoms with Gasteiger partial charge in [-0.05, 0) is 24.7 Å². The van der Waals surface area contributed by atoms with E-state index in [-0.39, 0.29) is 18.5 Å². The minimum atomic E-state index is 0.0600. The number of carbonyl (C=O) groups is 1. The summed E-state index contributed by atoms with van der Waals surface area (Å²) in [5.41, 5.74) is 1.67. The number of hydrogen-bond acceptors (Lipinski definition) is 5.